The van der Waals surface area contributed by atoms with Crippen LogP contribution in [0.1, 0.15) is 42.9 Å². The molecular weight excluding hydrogens is 428 g/mol. The lowest BCUT2D eigenvalue weighted by molar-refractivity contribution is -0.197. The molecule has 8 nitrogen and oxygen atoms in total. The highest BCUT2D eigenvalue weighted by Crippen LogP contribution is 2.34. The summed E-state index contributed by atoms with van der Waals surface area (Å²) in [4.78, 5) is 40.2. The third-order valence-electron chi connectivity index (χ3n) is 5.09. The molecule has 162 valence electrons. The molecular formula is C20H24N2O6S2. The number of rotatable bonds is 7. The summed E-state index contributed by atoms with van der Waals surface area (Å²) in [7, 11) is 0. The van der Waals surface area contributed by atoms with E-state index in [1.807, 2.05) is 19.2 Å². The fourth-order valence-corrected chi connectivity index (χ4v) is 4.71. The third kappa shape index (κ3) is 5.24. The molecule has 1 N–H and O–H groups in total. The number of nitrogens with zero attached hydrogens (tertiary/aromatic N) is 1. The summed E-state index contributed by atoms with van der Waals surface area (Å²) in [6, 6.07) is 1.77. The minimum Gasteiger partial charge on any atom is -0.463 e. The molecule has 0 spiro atoms. The SMILES string of the molecule is CC(=O)OCC1O[C@H](Nc2ncc(C(=O)c3ccsc3)s2)C(OC(C)=O)[C@@H](C)[C@@H]1C. The maximum Gasteiger partial charge on any atom is 0.303 e. The standard InChI is InChI=1S/C20H24N2O6S2/c1-10-11(2)18(27-13(4)24)19(28-15(10)8-26-12(3)23)22-20-21-7-16(30-20)17(25)14-5-6-29-9-14/h5-7,9-11,15,18-19H,8H2,1-4H3,(H,21,22)/t10-,11-,15?,18?,19-/m0/s1. The van der Waals surface area contributed by atoms with Crippen molar-refractivity contribution in [3.8, 4) is 0 Å². The van der Waals surface area contributed by atoms with Gasteiger partial charge in [-0.25, -0.2) is 4.98 Å². The predicted octanol–water partition coefficient (Wildman–Crippen LogP) is 3.34. The van der Waals surface area contributed by atoms with Gasteiger partial charge >= 0.3 is 11.9 Å². The maximum absolute atomic E-state index is 12.5. The molecule has 1 fully saturated rings. The summed E-state index contributed by atoms with van der Waals surface area (Å²) in [6.45, 7) is 6.72. The Morgan fingerprint density at radius 1 is 1.20 bits per heavy atom. The van der Waals surface area contributed by atoms with Crippen molar-refractivity contribution in [1.29, 1.82) is 0 Å². The van der Waals surface area contributed by atoms with E-state index in [0.717, 1.165) is 0 Å². The first-order chi connectivity index (χ1) is 14.3. The first kappa shape index (κ1) is 22.4. The molecule has 2 aromatic rings. The van der Waals surface area contributed by atoms with Gasteiger partial charge in [-0.15, -0.1) is 0 Å². The van der Waals surface area contributed by atoms with Crippen LogP contribution in [0.3, 0.4) is 0 Å². The molecule has 1 aliphatic heterocycles. The average Bonchev–Trinajstić information content (AvgIpc) is 3.38. The number of hydrogen-bond donors (Lipinski definition) is 1. The first-order valence-corrected chi connectivity index (χ1v) is 11.3. The molecule has 0 amide bonds. The molecule has 3 heterocycles. The van der Waals surface area contributed by atoms with Crippen molar-refractivity contribution in [2.75, 3.05) is 11.9 Å². The summed E-state index contributed by atoms with van der Waals surface area (Å²) in [6.07, 6.45) is -0.124. The highest BCUT2D eigenvalue weighted by Gasteiger charge is 2.44. The van der Waals surface area contributed by atoms with E-state index >= 15 is 0 Å². The Hall–Kier alpha value is -2.30. The monoisotopic (exact) mass is 452 g/mol. The van der Waals surface area contributed by atoms with Crippen LogP contribution < -0.4 is 5.32 Å². The smallest absolute Gasteiger partial charge is 0.303 e. The Balaban J connectivity index is 1.77. The zero-order valence-electron chi connectivity index (χ0n) is 17.1. The van der Waals surface area contributed by atoms with Gasteiger partial charge in [-0.3, -0.25) is 14.4 Å². The van der Waals surface area contributed by atoms with Gasteiger partial charge in [0.05, 0.1) is 17.2 Å². The van der Waals surface area contributed by atoms with Gasteiger partial charge in [-0.1, -0.05) is 25.2 Å². The fraction of sp³-hybridized carbons (Fsp3) is 0.500. The molecule has 2 aromatic heterocycles. The number of carbonyl (C=O) groups excluding carboxylic acids is 3. The van der Waals surface area contributed by atoms with Gasteiger partial charge in [-0.2, -0.15) is 11.3 Å². The van der Waals surface area contributed by atoms with E-state index in [9.17, 15) is 14.4 Å². The highest BCUT2D eigenvalue weighted by atomic mass is 32.1. The van der Waals surface area contributed by atoms with Gasteiger partial charge in [0.2, 0.25) is 5.78 Å². The molecule has 0 radical (unpaired) electrons. The number of esters is 2. The van der Waals surface area contributed by atoms with E-state index < -0.39 is 18.3 Å². The number of carbonyl (C=O) groups is 3. The minimum absolute atomic E-state index is 0.0150. The summed E-state index contributed by atoms with van der Waals surface area (Å²) >= 11 is 2.66. The van der Waals surface area contributed by atoms with Crippen molar-refractivity contribution in [1.82, 2.24) is 4.98 Å². The molecule has 1 aliphatic rings. The Morgan fingerprint density at radius 2 is 1.97 bits per heavy atom. The number of anilines is 1. The second-order valence-electron chi connectivity index (χ2n) is 7.21. The van der Waals surface area contributed by atoms with Gasteiger partial charge in [0.15, 0.2) is 11.4 Å². The molecule has 5 atom stereocenters. The summed E-state index contributed by atoms with van der Waals surface area (Å²) in [5, 5.41) is 7.26. The molecule has 0 bridgehead atoms. The normalized spacial score (nSPS) is 26.1. The Morgan fingerprint density at radius 3 is 2.60 bits per heavy atom. The molecule has 0 aliphatic carbocycles. The van der Waals surface area contributed by atoms with E-state index in [2.05, 4.69) is 10.3 Å². The van der Waals surface area contributed by atoms with Crippen LogP contribution >= 0.6 is 22.7 Å². The van der Waals surface area contributed by atoms with Crippen molar-refractivity contribution in [2.45, 2.75) is 46.1 Å². The molecule has 10 heteroatoms. The van der Waals surface area contributed by atoms with Crippen LogP contribution in [-0.2, 0) is 23.8 Å². The molecule has 2 unspecified atom stereocenters. The summed E-state index contributed by atoms with van der Waals surface area (Å²) in [5.74, 6) is -0.981. The largest absolute Gasteiger partial charge is 0.463 e. The second kappa shape index (κ2) is 9.67. The van der Waals surface area contributed by atoms with E-state index in [0.29, 0.717) is 15.6 Å². The van der Waals surface area contributed by atoms with Crippen LogP contribution in [0.2, 0.25) is 0 Å². The fourth-order valence-electron chi connectivity index (χ4n) is 3.27. The minimum atomic E-state index is -0.698. The van der Waals surface area contributed by atoms with Crippen LogP contribution in [0.5, 0.6) is 0 Å². The Labute approximate surface area is 182 Å². The Bertz CT molecular complexity index is 895. The zero-order chi connectivity index (χ0) is 21.8. The summed E-state index contributed by atoms with van der Waals surface area (Å²) < 4.78 is 16.8. The van der Waals surface area contributed by atoms with Crippen molar-refractivity contribution in [3.63, 3.8) is 0 Å². The average molecular weight is 453 g/mol. The van der Waals surface area contributed by atoms with Gasteiger partial charge in [0.25, 0.3) is 0 Å². The van der Waals surface area contributed by atoms with Crippen LogP contribution in [0.25, 0.3) is 0 Å². The third-order valence-corrected chi connectivity index (χ3v) is 6.70. The number of ketones is 1. The second-order valence-corrected chi connectivity index (χ2v) is 9.02. The molecule has 30 heavy (non-hydrogen) atoms. The van der Waals surface area contributed by atoms with Crippen molar-refractivity contribution in [3.05, 3.63) is 33.5 Å². The molecule has 1 saturated heterocycles. The topological polar surface area (TPSA) is 104 Å². The van der Waals surface area contributed by atoms with Crippen LogP contribution in [0, 0.1) is 11.8 Å². The van der Waals surface area contributed by atoms with E-state index in [1.165, 1.54) is 42.7 Å². The Kier molecular flexibility index (Phi) is 7.22. The molecule has 3 rings (SSSR count). The lowest BCUT2D eigenvalue weighted by Gasteiger charge is -2.43. The van der Waals surface area contributed by atoms with Gasteiger partial charge in [-0.05, 0) is 17.4 Å². The number of nitrogens with one attached hydrogen (secondary N) is 1. The highest BCUT2D eigenvalue weighted by molar-refractivity contribution is 7.17. The van der Waals surface area contributed by atoms with Crippen LogP contribution in [0.4, 0.5) is 5.13 Å². The van der Waals surface area contributed by atoms with E-state index in [-0.39, 0.29) is 36.3 Å². The number of ether oxygens (including phenoxy) is 3. The predicted molar refractivity (Wildman–Crippen MR) is 113 cm³/mol. The maximum atomic E-state index is 12.5. The number of thiazole rings is 1. The van der Waals surface area contributed by atoms with Crippen molar-refractivity contribution < 1.29 is 28.6 Å². The number of hydrogen-bond acceptors (Lipinski definition) is 10. The van der Waals surface area contributed by atoms with E-state index in [1.54, 1.807) is 11.4 Å². The number of aromatic nitrogens is 1. The van der Waals surface area contributed by atoms with Gasteiger partial charge < -0.3 is 19.5 Å². The van der Waals surface area contributed by atoms with Gasteiger partial charge in [0.1, 0.15) is 12.7 Å². The number of thiophene rings is 1. The lowest BCUT2D eigenvalue weighted by atomic mass is 9.83. The van der Waals surface area contributed by atoms with Gasteiger partial charge in [0, 0.05) is 30.7 Å². The van der Waals surface area contributed by atoms with Crippen LogP contribution in [0.15, 0.2) is 23.0 Å². The van der Waals surface area contributed by atoms with Crippen LogP contribution in [-0.4, -0.2) is 47.7 Å². The molecule has 0 aromatic carbocycles. The molecule has 0 saturated carbocycles. The van der Waals surface area contributed by atoms with E-state index in [4.69, 9.17) is 14.2 Å². The lowest BCUT2D eigenvalue weighted by Crippen LogP contribution is -2.55. The van der Waals surface area contributed by atoms with Crippen molar-refractivity contribution >= 4 is 45.5 Å². The zero-order valence-corrected chi connectivity index (χ0v) is 18.7. The summed E-state index contributed by atoms with van der Waals surface area (Å²) in [5.41, 5.74) is 0.616. The first-order valence-electron chi connectivity index (χ1n) is 9.51. The van der Waals surface area contributed by atoms with Crippen molar-refractivity contribution in [2.24, 2.45) is 11.8 Å². The quantitative estimate of drug-likeness (QED) is 0.504.